The van der Waals surface area contributed by atoms with Crippen LogP contribution in [0.5, 0.6) is 0 Å². The number of nitrogens with one attached hydrogen (secondary N) is 1. The van der Waals surface area contributed by atoms with E-state index in [4.69, 9.17) is 0 Å². The zero-order valence-electron chi connectivity index (χ0n) is 14.6. The topological polar surface area (TPSA) is 68.4 Å². The van der Waals surface area contributed by atoms with E-state index in [-0.39, 0.29) is 10.9 Å². The average molecular weight is 382 g/mol. The monoisotopic (exact) mass is 382 g/mol. The molecule has 1 amide bonds. The van der Waals surface area contributed by atoms with Crippen molar-refractivity contribution in [2.45, 2.75) is 0 Å². The quantitative estimate of drug-likeness (QED) is 0.737. The Morgan fingerprint density at radius 1 is 1.07 bits per heavy atom. The Balaban J connectivity index is 1.77. The van der Waals surface area contributed by atoms with Crippen LogP contribution in [0.3, 0.4) is 0 Å². The lowest BCUT2D eigenvalue weighted by molar-refractivity contribution is 0.265. The number of imidazole rings is 1. The number of hydrogen-bond donors (Lipinski definition) is 1. The molecular weight excluding hydrogens is 367 g/mol. The molecule has 27 heavy (non-hydrogen) atoms. The summed E-state index contributed by atoms with van der Waals surface area (Å²) in [6, 6.07) is 11.5. The Labute approximate surface area is 158 Å². The molecule has 1 aliphatic heterocycles. The van der Waals surface area contributed by atoms with Gasteiger partial charge in [0.1, 0.15) is 11.7 Å². The Bertz CT molecular complexity index is 1210. The minimum atomic E-state index is -0.394. The van der Waals surface area contributed by atoms with E-state index in [1.54, 1.807) is 35.4 Å². The van der Waals surface area contributed by atoms with Crippen molar-refractivity contribution in [2.75, 3.05) is 0 Å². The highest BCUT2D eigenvalue weighted by Crippen LogP contribution is 2.29. The summed E-state index contributed by atoms with van der Waals surface area (Å²) < 4.78 is 16.5. The van der Waals surface area contributed by atoms with Gasteiger partial charge in [0.25, 0.3) is 5.24 Å². The summed E-state index contributed by atoms with van der Waals surface area (Å²) in [5.41, 5.74) is 2.76. The van der Waals surface area contributed by atoms with Crippen LogP contribution < -0.4 is 11.0 Å². The normalized spacial score (nSPS) is 17.2. The third-order valence-electron chi connectivity index (χ3n) is 4.30. The predicted molar refractivity (Wildman–Crippen MR) is 106 cm³/mol. The molecule has 0 spiro atoms. The molecule has 0 bridgehead atoms. The number of amides is 1. The number of halogens is 1. The molecule has 1 saturated heterocycles. The molecule has 0 unspecified atom stereocenters. The van der Waals surface area contributed by atoms with Crippen molar-refractivity contribution in [2.24, 2.45) is 19.1 Å². The van der Waals surface area contributed by atoms with Crippen molar-refractivity contribution in [1.29, 1.82) is 0 Å². The van der Waals surface area contributed by atoms with Gasteiger partial charge in [0.15, 0.2) is 0 Å². The maximum atomic E-state index is 13.4. The molecule has 8 heteroatoms. The molecule has 136 valence electrons. The number of rotatable bonds is 2. The molecule has 3 aromatic rings. The molecule has 0 saturated carbocycles. The largest absolute Gasteiger partial charge is 0.328 e. The van der Waals surface area contributed by atoms with Gasteiger partial charge in [-0.2, -0.15) is 0 Å². The highest BCUT2D eigenvalue weighted by Gasteiger charge is 2.23. The van der Waals surface area contributed by atoms with E-state index in [0.717, 1.165) is 28.4 Å². The van der Waals surface area contributed by atoms with Gasteiger partial charge in [-0.3, -0.25) is 13.9 Å². The molecule has 1 aromatic heterocycles. The number of aryl methyl sites for hydroxylation is 2. The van der Waals surface area contributed by atoms with E-state index in [2.05, 4.69) is 10.3 Å². The number of carbonyl (C=O) groups is 1. The van der Waals surface area contributed by atoms with Gasteiger partial charge in [0.05, 0.1) is 21.6 Å². The minimum Gasteiger partial charge on any atom is -0.300 e. The summed E-state index contributed by atoms with van der Waals surface area (Å²) in [7, 11) is 3.44. The van der Waals surface area contributed by atoms with Gasteiger partial charge < -0.3 is 5.32 Å². The second-order valence-electron chi connectivity index (χ2n) is 6.11. The van der Waals surface area contributed by atoms with Crippen LogP contribution in [0.4, 0.5) is 14.9 Å². The summed E-state index contributed by atoms with van der Waals surface area (Å²) >= 11 is 1.02. The molecule has 0 radical (unpaired) electrons. The lowest BCUT2D eigenvalue weighted by atomic mass is 10.2. The van der Waals surface area contributed by atoms with Gasteiger partial charge in [-0.05, 0) is 53.7 Å². The first kappa shape index (κ1) is 17.3. The number of carbonyl (C=O) groups excluding carboxylic acids is 1. The number of fused-ring (bicyclic) bond motifs is 1. The molecule has 2 aromatic carbocycles. The van der Waals surface area contributed by atoms with E-state index in [1.165, 1.54) is 12.1 Å². The highest BCUT2D eigenvalue weighted by atomic mass is 32.2. The van der Waals surface area contributed by atoms with Crippen LogP contribution in [0.15, 0.2) is 57.2 Å². The Morgan fingerprint density at radius 2 is 1.85 bits per heavy atom. The molecule has 1 aliphatic rings. The van der Waals surface area contributed by atoms with Crippen LogP contribution in [0.2, 0.25) is 0 Å². The van der Waals surface area contributed by atoms with Crippen LogP contribution in [0.1, 0.15) is 5.56 Å². The highest BCUT2D eigenvalue weighted by molar-refractivity contribution is 8.18. The molecule has 0 atom stereocenters. The van der Waals surface area contributed by atoms with Gasteiger partial charge in [0, 0.05) is 14.1 Å². The zero-order chi connectivity index (χ0) is 19.1. The number of thioether (sulfide) groups is 1. The fraction of sp³-hybridized carbons (Fsp3) is 0.105. The van der Waals surface area contributed by atoms with Crippen molar-refractivity contribution in [3.63, 3.8) is 0 Å². The Kier molecular flexibility index (Phi) is 4.19. The van der Waals surface area contributed by atoms with Crippen LogP contribution in [0, 0.1) is 5.82 Å². The van der Waals surface area contributed by atoms with Crippen LogP contribution in [-0.2, 0) is 14.1 Å². The van der Waals surface area contributed by atoms with Crippen molar-refractivity contribution < 1.29 is 9.18 Å². The first-order chi connectivity index (χ1) is 12.9. The van der Waals surface area contributed by atoms with E-state index >= 15 is 0 Å². The minimum absolute atomic E-state index is 0.102. The molecular formula is C19H15FN4O2S. The maximum Gasteiger partial charge on any atom is 0.328 e. The number of aromatic nitrogens is 2. The van der Waals surface area contributed by atoms with E-state index in [9.17, 15) is 14.0 Å². The van der Waals surface area contributed by atoms with Crippen LogP contribution >= 0.6 is 11.8 Å². The van der Waals surface area contributed by atoms with E-state index < -0.39 is 5.82 Å². The summed E-state index contributed by atoms with van der Waals surface area (Å²) in [6.45, 7) is 0. The Hall–Kier alpha value is -3.13. The fourth-order valence-corrected chi connectivity index (χ4v) is 3.69. The van der Waals surface area contributed by atoms with Crippen molar-refractivity contribution >= 4 is 45.6 Å². The van der Waals surface area contributed by atoms with Crippen molar-refractivity contribution in [3.05, 3.63) is 69.2 Å². The van der Waals surface area contributed by atoms with Gasteiger partial charge in [-0.25, -0.2) is 14.2 Å². The smallest absolute Gasteiger partial charge is 0.300 e. The molecule has 4 rings (SSSR count). The zero-order valence-corrected chi connectivity index (χ0v) is 15.4. The number of amidine groups is 1. The van der Waals surface area contributed by atoms with Gasteiger partial charge in [0.2, 0.25) is 0 Å². The number of hydrogen-bond acceptors (Lipinski definition) is 4. The second-order valence-corrected chi connectivity index (χ2v) is 7.13. The number of aliphatic imine (C=N–C) groups is 1. The van der Waals surface area contributed by atoms with E-state index in [0.29, 0.717) is 16.4 Å². The lowest BCUT2D eigenvalue weighted by Gasteiger charge is -2.01. The summed E-state index contributed by atoms with van der Waals surface area (Å²) in [5.74, 6) is -0.0209. The summed E-state index contributed by atoms with van der Waals surface area (Å²) in [5, 5.41) is 2.43. The predicted octanol–water partition coefficient (Wildman–Crippen LogP) is 3.54. The third-order valence-corrected chi connectivity index (χ3v) is 5.12. The summed E-state index contributed by atoms with van der Waals surface area (Å²) in [6.07, 6.45) is 1.82. The number of nitrogens with zero attached hydrogens (tertiary/aromatic N) is 3. The van der Waals surface area contributed by atoms with Crippen LogP contribution in [-0.4, -0.2) is 20.2 Å². The number of benzene rings is 2. The van der Waals surface area contributed by atoms with Gasteiger partial charge >= 0.3 is 5.69 Å². The molecule has 1 N–H and O–H groups in total. The lowest BCUT2D eigenvalue weighted by Crippen LogP contribution is -2.19. The SMILES string of the molecule is Cn1c(=O)n(C)c2cc(/C=C3\SC(=O)NC3=Nc3cccc(F)c3)ccc21. The first-order valence-corrected chi connectivity index (χ1v) is 8.94. The fourth-order valence-electron chi connectivity index (χ4n) is 2.95. The molecule has 6 nitrogen and oxygen atoms in total. The van der Waals surface area contributed by atoms with E-state index in [1.807, 2.05) is 24.3 Å². The second kappa shape index (κ2) is 6.55. The van der Waals surface area contributed by atoms with Crippen LogP contribution in [0.25, 0.3) is 17.1 Å². The molecule has 1 fully saturated rings. The maximum absolute atomic E-state index is 13.4. The van der Waals surface area contributed by atoms with Gasteiger partial charge in [-0.1, -0.05) is 12.1 Å². The van der Waals surface area contributed by atoms with Crippen molar-refractivity contribution in [1.82, 2.24) is 14.5 Å². The average Bonchev–Trinajstić information content (AvgIpc) is 3.07. The Morgan fingerprint density at radius 3 is 2.63 bits per heavy atom. The standard InChI is InChI=1S/C19H15FN4O2S/c1-23-14-7-6-11(8-15(14)24(2)19(23)26)9-16-17(22-18(25)27-16)21-13-5-3-4-12(20)10-13/h3-10H,1-2H3,(H,21,22,25)/b16-9-. The molecule has 0 aliphatic carbocycles. The first-order valence-electron chi connectivity index (χ1n) is 8.13. The van der Waals surface area contributed by atoms with Crippen molar-refractivity contribution in [3.8, 4) is 0 Å². The van der Waals surface area contributed by atoms with Gasteiger partial charge in [-0.15, -0.1) is 0 Å². The third kappa shape index (κ3) is 3.19. The molecule has 2 heterocycles. The summed E-state index contributed by atoms with van der Waals surface area (Å²) in [4.78, 5) is 28.9.